The Bertz CT molecular complexity index is 238. The van der Waals surface area contributed by atoms with Crippen molar-refractivity contribution in [3.63, 3.8) is 0 Å². The Morgan fingerprint density at radius 3 is 2.42 bits per heavy atom. The molecule has 0 aromatic heterocycles. The van der Waals surface area contributed by atoms with Crippen LogP contribution in [0.15, 0.2) is 35.2 Å². The molecule has 0 radical (unpaired) electrons. The van der Waals surface area contributed by atoms with E-state index in [1.54, 1.807) is 12.1 Å². The van der Waals surface area contributed by atoms with E-state index in [1.165, 1.54) is 7.11 Å². The first kappa shape index (κ1) is 9.50. The Hall–Kier alpha value is -0.590. The van der Waals surface area contributed by atoms with Gasteiger partial charge in [0.1, 0.15) is 0 Å². The Morgan fingerprint density at radius 2 is 2.00 bits per heavy atom. The molecule has 0 bridgehead atoms. The van der Waals surface area contributed by atoms with E-state index in [0.29, 0.717) is 4.90 Å². The lowest BCUT2D eigenvalue weighted by Gasteiger charge is -2.34. The minimum atomic E-state index is -2.47. The minimum Gasteiger partial charge on any atom is -0.280 e. The van der Waals surface area contributed by atoms with Crippen molar-refractivity contribution in [1.29, 1.82) is 0 Å². The summed E-state index contributed by atoms with van der Waals surface area (Å²) >= 11 is 0. The van der Waals surface area contributed by atoms with E-state index in [2.05, 4.69) is 4.83 Å². The van der Waals surface area contributed by atoms with E-state index >= 15 is 0 Å². The van der Waals surface area contributed by atoms with Crippen LogP contribution in [-0.2, 0) is 4.18 Å². The number of hydrazine groups is 1. The molecule has 1 rings (SSSR count). The average molecular weight is 188 g/mol. The Labute approximate surface area is 73.2 Å². The topological polar surface area (TPSA) is 67.5 Å². The first-order chi connectivity index (χ1) is 5.73. The number of benzene rings is 1. The predicted molar refractivity (Wildman–Crippen MR) is 49.3 cm³/mol. The van der Waals surface area contributed by atoms with Gasteiger partial charge in [0.2, 0.25) is 0 Å². The molecule has 12 heavy (non-hydrogen) atoms. The van der Waals surface area contributed by atoms with Crippen LogP contribution in [0.3, 0.4) is 0 Å². The molecular formula is C7H12N2O2S. The number of hydrogen-bond acceptors (Lipinski definition) is 4. The largest absolute Gasteiger partial charge is 0.280 e. The molecule has 0 saturated carbocycles. The van der Waals surface area contributed by atoms with Crippen LogP contribution in [0.1, 0.15) is 0 Å². The summed E-state index contributed by atoms with van der Waals surface area (Å²) in [5.74, 6) is 5.16. The van der Waals surface area contributed by atoms with Crippen LogP contribution in [0.2, 0.25) is 0 Å². The van der Waals surface area contributed by atoms with Gasteiger partial charge < -0.3 is 0 Å². The normalized spacial score (nSPS) is 18.2. The van der Waals surface area contributed by atoms with Gasteiger partial charge in [0.05, 0.1) is 12.0 Å². The van der Waals surface area contributed by atoms with Gasteiger partial charge in [-0.1, -0.05) is 29.0 Å². The molecule has 5 heteroatoms. The lowest BCUT2D eigenvalue weighted by molar-refractivity contribution is 0.385. The summed E-state index contributed by atoms with van der Waals surface area (Å²) < 4.78 is 14.6. The van der Waals surface area contributed by atoms with Gasteiger partial charge in [0.25, 0.3) is 0 Å². The molecule has 1 aromatic rings. The molecule has 0 saturated heterocycles. The molecule has 0 fully saturated rings. The van der Waals surface area contributed by atoms with Crippen LogP contribution in [0.4, 0.5) is 0 Å². The highest BCUT2D eigenvalue weighted by Gasteiger charge is 2.14. The van der Waals surface area contributed by atoms with Crippen molar-refractivity contribution in [3.8, 4) is 0 Å². The Morgan fingerprint density at radius 1 is 1.42 bits per heavy atom. The van der Waals surface area contributed by atoms with E-state index in [-0.39, 0.29) is 0 Å². The van der Waals surface area contributed by atoms with Gasteiger partial charge in [-0.25, -0.2) is 0 Å². The van der Waals surface area contributed by atoms with Crippen LogP contribution in [-0.4, -0.2) is 11.7 Å². The highest BCUT2D eigenvalue weighted by atomic mass is 32.3. The van der Waals surface area contributed by atoms with Gasteiger partial charge in [-0.3, -0.25) is 14.6 Å². The number of nitrogens with one attached hydrogen (secondary N) is 1. The smallest absolute Gasteiger partial charge is 0.0765 e. The van der Waals surface area contributed by atoms with Crippen molar-refractivity contribution < 1.29 is 8.74 Å². The second-order valence-electron chi connectivity index (χ2n) is 2.12. The number of nitrogens with two attached hydrogens (primary N) is 1. The van der Waals surface area contributed by atoms with Gasteiger partial charge in [0, 0.05) is 0 Å². The molecule has 4 N–H and O–H groups in total. The zero-order valence-electron chi connectivity index (χ0n) is 6.73. The van der Waals surface area contributed by atoms with Gasteiger partial charge in [-0.2, -0.15) is 4.83 Å². The lowest BCUT2D eigenvalue weighted by Crippen LogP contribution is -2.28. The molecule has 1 aromatic carbocycles. The second-order valence-corrected chi connectivity index (χ2v) is 4.22. The standard InChI is InChI=1S/C7H12N2O2S/c1-11-12(10,9-8)7-5-3-2-4-6-7/h2-6,9-10H,8H2,1H3. The predicted octanol–water partition coefficient (Wildman–Crippen LogP) is 1.26. The maximum Gasteiger partial charge on any atom is 0.0765 e. The summed E-state index contributed by atoms with van der Waals surface area (Å²) in [5, 5.41) is 0. The van der Waals surface area contributed by atoms with Gasteiger partial charge in [0.15, 0.2) is 0 Å². The molecule has 0 aliphatic rings. The quantitative estimate of drug-likeness (QED) is 0.493. The fourth-order valence-electron chi connectivity index (χ4n) is 0.817. The fraction of sp³-hybridized carbons (Fsp3) is 0.143. The van der Waals surface area contributed by atoms with Crippen molar-refractivity contribution >= 4 is 10.8 Å². The summed E-state index contributed by atoms with van der Waals surface area (Å²) in [6.45, 7) is 0. The van der Waals surface area contributed by atoms with Crippen molar-refractivity contribution in [2.45, 2.75) is 4.90 Å². The third-order valence-electron chi connectivity index (χ3n) is 1.46. The molecular weight excluding hydrogens is 176 g/mol. The van der Waals surface area contributed by atoms with Gasteiger partial charge in [-0.05, 0) is 12.1 Å². The molecule has 0 heterocycles. The third-order valence-corrected chi connectivity index (χ3v) is 3.18. The average Bonchev–Trinajstić information content (AvgIpc) is 2.18. The van der Waals surface area contributed by atoms with Crippen LogP contribution in [0.25, 0.3) is 0 Å². The summed E-state index contributed by atoms with van der Waals surface area (Å²) in [6, 6.07) is 8.97. The first-order valence-electron chi connectivity index (χ1n) is 3.37. The Balaban J connectivity index is 2.95. The van der Waals surface area contributed by atoms with Crippen LogP contribution >= 0.6 is 10.8 Å². The summed E-state index contributed by atoms with van der Waals surface area (Å²) in [6.07, 6.45) is 0. The molecule has 0 aliphatic carbocycles. The minimum absolute atomic E-state index is 0.648. The molecule has 4 nitrogen and oxygen atoms in total. The van der Waals surface area contributed by atoms with Crippen molar-refractivity contribution in [2.24, 2.45) is 5.84 Å². The van der Waals surface area contributed by atoms with Crippen molar-refractivity contribution in [2.75, 3.05) is 7.11 Å². The molecule has 0 amide bonds. The van der Waals surface area contributed by atoms with E-state index in [9.17, 15) is 4.55 Å². The molecule has 1 atom stereocenters. The van der Waals surface area contributed by atoms with E-state index < -0.39 is 10.8 Å². The van der Waals surface area contributed by atoms with Crippen molar-refractivity contribution in [3.05, 3.63) is 30.3 Å². The van der Waals surface area contributed by atoms with E-state index in [4.69, 9.17) is 10.0 Å². The first-order valence-corrected chi connectivity index (χ1v) is 4.88. The highest BCUT2D eigenvalue weighted by molar-refractivity contribution is 8.23. The van der Waals surface area contributed by atoms with Crippen LogP contribution in [0.5, 0.6) is 0 Å². The summed E-state index contributed by atoms with van der Waals surface area (Å²) in [7, 11) is -1.06. The fourth-order valence-corrected chi connectivity index (χ4v) is 1.77. The van der Waals surface area contributed by atoms with Crippen molar-refractivity contribution in [1.82, 2.24) is 4.83 Å². The maximum atomic E-state index is 9.73. The SMILES string of the molecule is COS(O)(NN)c1ccccc1. The van der Waals surface area contributed by atoms with Crippen LogP contribution in [0, 0.1) is 0 Å². The monoisotopic (exact) mass is 188 g/mol. The lowest BCUT2D eigenvalue weighted by atomic mass is 10.4. The highest BCUT2D eigenvalue weighted by Crippen LogP contribution is 2.46. The summed E-state index contributed by atoms with van der Waals surface area (Å²) in [5.41, 5.74) is 0. The summed E-state index contributed by atoms with van der Waals surface area (Å²) in [4.78, 5) is 2.91. The molecule has 0 spiro atoms. The van der Waals surface area contributed by atoms with Crippen LogP contribution < -0.4 is 10.7 Å². The third kappa shape index (κ3) is 1.77. The molecule has 68 valence electrons. The van der Waals surface area contributed by atoms with E-state index in [0.717, 1.165) is 0 Å². The maximum absolute atomic E-state index is 9.73. The van der Waals surface area contributed by atoms with E-state index in [1.807, 2.05) is 18.2 Å². The van der Waals surface area contributed by atoms with Gasteiger partial charge in [-0.15, -0.1) is 0 Å². The zero-order chi connectivity index (χ0) is 9.03. The number of rotatable bonds is 3. The number of hydrogen-bond donors (Lipinski definition) is 3. The second kappa shape index (κ2) is 3.88. The molecule has 1 unspecified atom stereocenters. The zero-order valence-corrected chi connectivity index (χ0v) is 7.54. The van der Waals surface area contributed by atoms with Gasteiger partial charge >= 0.3 is 0 Å². The Kier molecular flexibility index (Phi) is 3.07. The molecule has 0 aliphatic heterocycles.